The third-order valence-corrected chi connectivity index (χ3v) is 4.35. The summed E-state index contributed by atoms with van der Waals surface area (Å²) in [7, 11) is 0. The Balaban J connectivity index is 2.79. The molecule has 0 radical (unpaired) electrons. The Morgan fingerprint density at radius 3 is 2.06 bits per heavy atom. The van der Waals surface area contributed by atoms with Crippen molar-refractivity contribution in [3.63, 3.8) is 0 Å². The van der Waals surface area contributed by atoms with Crippen molar-refractivity contribution in [3.05, 3.63) is 0 Å². The lowest BCUT2D eigenvalue weighted by Crippen LogP contribution is -2.30. The van der Waals surface area contributed by atoms with Gasteiger partial charge in [-0.05, 0) is 23.7 Å². The first-order valence-electron chi connectivity index (χ1n) is 6.19. The van der Waals surface area contributed by atoms with Gasteiger partial charge in [0.05, 0.1) is 5.41 Å². The number of hydrogen-bond acceptors (Lipinski definition) is 2. The standard InChI is InChI=1S/C13H21F3O2/c1-8(2)6-12(9(3)11(12,4)5)10(17)18-7-13(14,15)16/h8-9H,6-7H2,1-5H3. The van der Waals surface area contributed by atoms with E-state index in [0.29, 0.717) is 6.42 Å². The van der Waals surface area contributed by atoms with Crippen LogP contribution in [0.25, 0.3) is 0 Å². The molecule has 0 aromatic rings. The predicted molar refractivity (Wildman–Crippen MR) is 61.8 cm³/mol. The molecular weight excluding hydrogens is 245 g/mol. The molecule has 0 N–H and O–H groups in total. The van der Waals surface area contributed by atoms with Crippen molar-refractivity contribution in [2.75, 3.05) is 6.61 Å². The fourth-order valence-electron chi connectivity index (χ4n) is 3.01. The molecule has 0 spiro atoms. The van der Waals surface area contributed by atoms with Crippen molar-refractivity contribution in [1.82, 2.24) is 0 Å². The molecular formula is C13H21F3O2. The Kier molecular flexibility index (Phi) is 3.76. The molecule has 5 heteroatoms. The van der Waals surface area contributed by atoms with Crippen molar-refractivity contribution in [3.8, 4) is 0 Å². The molecule has 1 fully saturated rings. The zero-order valence-corrected chi connectivity index (χ0v) is 11.5. The van der Waals surface area contributed by atoms with Crippen molar-refractivity contribution in [2.24, 2.45) is 22.7 Å². The monoisotopic (exact) mass is 266 g/mol. The van der Waals surface area contributed by atoms with Crippen LogP contribution in [0.3, 0.4) is 0 Å². The normalized spacial score (nSPS) is 30.4. The Morgan fingerprint density at radius 1 is 1.33 bits per heavy atom. The third-order valence-electron chi connectivity index (χ3n) is 4.35. The number of carbonyl (C=O) groups excluding carboxylic acids is 1. The second kappa shape index (κ2) is 4.42. The second-order valence-electron chi connectivity index (χ2n) is 6.20. The van der Waals surface area contributed by atoms with Crippen molar-refractivity contribution >= 4 is 5.97 Å². The SMILES string of the molecule is CC(C)CC1(C(=O)OCC(F)(F)F)C(C)C1(C)C. The summed E-state index contributed by atoms with van der Waals surface area (Å²) < 4.78 is 40.8. The molecule has 2 nitrogen and oxygen atoms in total. The van der Waals surface area contributed by atoms with E-state index in [9.17, 15) is 18.0 Å². The highest BCUT2D eigenvalue weighted by molar-refractivity contribution is 5.82. The third kappa shape index (κ3) is 2.50. The lowest BCUT2D eigenvalue weighted by atomic mass is 9.87. The number of alkyl halides is 3. The zero-order chi connectivity index (χ0) is 14.4. The van der Waals surface area contributed by atoms with Gasteiger partial charge in [-0.2, -0.15) is 13.2 Å². The fraction of sp³-hybridized carbons (Fsp3) is 0.923. The van der Waals surface area contributed by atoms with Crippen LogP contribution in [0.1, 0.15) is 41.0 Å². The van der Waals surface area contributed by atoms with E-state index in [0.717, 1.165) is 0 Å². The van der Waals surface area contributed by atoms with E-state index in [-0.39, 0.29) is 17.3 Å². The van der Waals surface area contributed by atoms with Gasteiger partial charge in [0.1, 0.15) is 0 Å². The van der Waals surface area contributed by atoms with Gasteiger partial charge in [-0.1, -0.05) is 34.6 Å². The van der Waals surface area contributed by atoms with Crippen LogP contribution in [-0.4, -0.2) is 18.8 Å². The van der Waals surface area contributed by atoms with E-state index >= 15 is 0 Å². The van der Waals surface area contributed by atoms with Gasteiger partial charge in [0.15, 0.2) is 6.61 Å². The Labute approximate surface area is 106 Å². The number of hydrogen-bond donors (Lipinski definition) is 0. The summed E-state index contributed by atoms with van der Waals surface area (Å²) in [5.41, 5.74) is -1.05. The highest BCUT2D eigenvalue weighted by Crippen LogP contribution is 2.71. The smallest absolute Gasteiger partial charge is 0.422 e. The highest BCUT2D eigenvalue weighted by atomic mass is 19.4. The van der Waals surface area contributed by atoms with Crippen molar-refractivity contribution in [2.45, 2.75) is 47.2 Å². The van der Waals surface area contributed by atoms with Crippen molar-refractivity contribution < 1.29 is 22.7 Å². The summed E-state index contributed by atoms with van der Waals surface area (Å²) in [6.07, 6.45) is -3.89. The van der Waals surface area contributed by atoms with E-state index < -0.39 is 24.2 Å². The van der Waals surface area contributed by atoms with Crippen LogP contribution in [0.2, 0.25) is 0 Å². The van der Waals surface area contributed by atoms with Crippen LogP contribution >= 0.6 is 0 Å². The molecule has 106 valence electrons. The highest BCUT2D eigenvalue weighted by Gasteiger charge is 2.73. The lowest BCUT2D eigenvalue weighted by molar-refractivity contribution is -0.191. The molecule has 0 saturated heterocycles. The van der Waals surface area contributed by atoms with Gasteiger partial charge in [-0.3, -0.25) is 4.79 Å². The molecule has 1 saturated carbocycles. The predicted octanol–water partition coefficient (Wildman–Crippen LogP) is 3.80. The van der Waals surface area contributed by atoms with Crippen LogP contribution in [-0.2, 0) is 9.53 Å². The molecule has 0 heterocycles. The van der Waals surface area contributed by atoms with Gasteiger partial charge in [0.2, 0.25) is 0 Å². The summed E-state index contributed by atoms with van der Waals surface area (Å²) >= 11 is 0. The topological polar surface area (TPSA) is 26.3 Å². The van der Waals surface area contributed by atoms with Crippen LogP contribution < -0.4 is 0 Å². The van der Waals surface area contributed by atoms with E-state index in [4.69, 9.17) is 0 Å². The number of esters is 1. The first-order chi connectivity index (χ1) is 7.95. The molecule has 2 unspecified atom stereocenters. The molecule has 0 aromatic carbocycles. The summed E-state index contributed by atoms with van der Waals surface area (Å²) in [6, 6.07) is 0. The minimum atomic E-state index is -4.46. The number of rotatable bonds is 4. The van der Waals surface area contributed by atoms with E-state index in [1.807, 2.05) is 34.6 Å². The molecule has 1 aliphatic rings. The minimum absolute atomic E-state index is 0.0492. The van der Waals surface area contributed by atoms with E-state index in [1.165, 1.54) is 0 Å². The first-order valence-corrected chi connectivity index (χ1v) is 6.19. The van der Waals surface area contributed by atoms with Gasteiger partial charge in [0.25, 0.3) is 0 Å². The van der Waals surface area contributed by atoms with E-state index in [2.05, 4.69) is 4.74 Å². The molecule has 1 aliphatic carbocycles. The Bertz CT molecular complexity index is 334. The lowest BCUT2D eigenvalue weighted by Gasteiger charge is -2.21. The summed E-state index contributed by atoms with van der Waals surface area (Å²) in [5.74, 6) is -0.410. The largest absolute Gasteiger partial charge is 0.456 e. The number of ether oxygens (including phenoxy) is 1. The van der Waals surface area contributed by atoms with Crippen LogP contribution in [0.5, 0.6) is 0 Å². The Morgan fingerprint density at radius 2 is 1.78 bits per heavy atom. The molecule has 0 amide bonds. The fourth-order valence-corrected chi connectivity index (χ4v) is 3.01. The maximum atomic E-state index is 12.1. The molecule has 0 aliphatic heterocycles. The van der Waals surface area contributed by atoms with Crippen LogP contribution in [0.4, 0.5) is 13.2 Å². The zero-order valence-electron chi connectivity index (χ0n) is 11.5. The summed E-state index contributed by atoms with van der Waals surface area (Å²) in [5, 5.41) is 0. The van der Waals surface area contributed by atoms with Gasteiger partial charge in [-0.15, -0.1) is 0 Å². The average Bonchev–Trinajstić information content (AvgIpc) is 2.59. The quantitative estimate of drug-likeness (QED) is 0.723. The first kappa shape index (κ1) is 15.3. The van der Waals surface area contributed by atoms with Gasteiger partial charge < -0.3 is 4.74 Å². The van der Waals surface area contributed by atoms with Crippen LogP contribution in [0, 0.1) is 22.7 Å². The van der Waals surface area contributed by atoms with Gasteiger partial charge in [-0.25, -0.2) is 0 Å². The molecule has 2 atom stereocenters. The number of carbonyl (C=O) groups is 1. The molecule has 0 bridgehead atoms. The van der Waals surface area contributed by atoms with Gasteiger partial charge >= 0.3 is 12.1 Å². The van der Waals surface area contributed by atoms with Crippen LogP contribution in [0.15, 0.2) is 0 Å². The maximum absolute atomic E-state index is 12.1. The van der Waals surface area contributed by atoms with Crippen molar-refractivity contribution in [1.29, 1.82) is 0 Å². The van der Waals surface area contributed by atoms with Gasteiger partial charge in [0, 0.05) is 0 Å². The van der Waals surface area contributed by atoms with E-state index in [1.54, 1.807) is 0 Å². The Hall–Kier alpha value is -0.740. The summed E-state index contributed by atoms with van der Waals surface area (Å²) in [4.78, 5) is 12.0. The minimum Gasteiger partial charge on any atom is -0.456 e. The summed E-state index contributed by atoms with van der Waals surface area (Å²) in [6.45, 7) is 8.15. The maximum Gasteiger partial charge on any atom is 0.422 e. The molecule has 1 rings (SSSR count). The molecule has 0 aromatic heterocycles. The second-order valence-corrected chi connectivity index (χ2v) is 6.20. The number of halogens is 3. The molecule has 18 heavy (non-hydrogen) atoms. The average molecular weight is 266 g/mol.